The van der Waals surface area contributed by atoms with Crippen molar-refractivity contribution in [3.8, 4) is 0 Å². The van der Waals surface area contributed by atoms with E-state index < -0.39 is 10.0 Å². The summed E-state index contributed by atoms with van der Waals surface area (Å²) in [7, 11) is -1.85. The molecule has 19 heavy (non-hydrogen) atoms. The van der Waals surface area contributed by atoms with Crippen LogP contribution in [-0.4, -0.2) is 34.2 Å². The average molecular weight is 284 g/mol. The van der Waals surface area contributed by atoms with Crippen LogP contribution in [0.3, 0.4) is 0 Å². The zero-order chi connectivity index (χ0) is 13.9. The van der Waals surface area contributed by atoms with E-state index in [2.05, 4.69) is 4.72 Å². The van der Waals surface area contributed by atoms with Crippen LogP contribution in [0.5, 0.6) is 0 Å². The number of ether oxygens (including phenoxy) is 1. The highest BCUT2D eigenvalue weighted by Crippen LogP contribution is 2.24. The van der Waals surface area contributed by atoms with Crippen molar-refractivity contribution in [1.82, 2.24) is 4.72 Å². The van der Waals surface area contributed by atoms with Crippen molar-refractivity contribution in [3.05, 3.63) is 29.8 Å². The summed E-state index contributed by atoms with van der Waals surface area (Å²) in [6, 6.07) is 6.88. The molecule has 0 radical (unpaired) electrons. The molecule has 0 spiro atoms. The molecule has 1 aromatic rings. The second-order valence-electron chi connectivity index (χ2n) is 4.92. The van der Waals surface area contributed by atoms with Gasteiger partial charge in [0.15, 0.2) is 0 Å². The van der Waals surface area contributed by atoms with E-state index in [1.165, 1.54) is 0 Å². The molecular formula is C13H20N2O3S. The Bertz CT molecular complexity index is 526. The Kier molecular flexibility index (Phi) is 4.57. The molecule has 6 heteroatoms. The van der Waals surface area contributed by atoms with E-state index in [4.69, 9.17) is 10.5 Å². The Hall–Kier alpha value is -0.950. The number of nitrogens with one attached hydrogen (secondary N) is 1. The van der Waals surface area contributed by atoms with Gasteiger partial charge in [0, 0.05) is 19.2 Å². The Balaban J connectivity index is 2.19. The molecule has 1 aromatic carbocycles. The number of rotatable bonds is 7. The minimum absolute atomic E-state index is 0.103. The molecule has 1 unspecified atom stereocenters. The minimum atomic E-state index is -3.43. The van der Waals surface area contributed by atoms with Crippen LogP contribution >= 0.6 is 0 Å². The third-order valence-electron chi connectivity index (χ3n) is 3.02. The molecule has 5 nitrogen and oxygen atoms in total. The molecule has 3 N–H and O–H groups in total. The van der Waals surface area contributed by atoms with E-state index in [1.54, 1.807) is 25.3 Å². The van der Waals surface area contributed by atoms with Crippen molar-refractivity contribution in [2.75, 3.05) is 13.7 Å². The second-order valence-corrected chi connectivity index (χ2v) is 6.61. The zero-order valence-electron chi connectivity index (χ0n) is 11.0. The van der Waals surface area contributed by atoms with E-state index in [0.717, 1.165) is 18.4 Å². The van der Waals surface area contributed by atoms with Crippen molar-refractivity contribution in [2.45, 2.75) is 36.2 Å². The van der Waals surface area contributed by atoms with Gasteiger partial charge in [-0.1, -0.05) is 18.2 Å². The first-order valence-corrected chi connectivity index (χ1v) is 7.86. The summed E-state index contributed by atoms with van der Waals surface area (Å²) in [6.07, 6.45) is 2.32. The standard InChI is InChI=1S/C13H20N2O3S/c1-18-9-11(14)8-10-4-2-3-5-13(10)19(16,17)15-12-6-7-12/h2-5,11-12,15H,6-9,14H2,1H3. The summed E-state index contributed by atoms with van der Waals surface area (Å²) < 4.78 is 32.2. The van der Waals surface area contributed by atoms with Gasteiger partial charge in [-0.15, -0.1) is 0 Å². The maximum atomic E-state index is 12.3. The molecule has 1 aliphatic carbocycles. The van der Waals surface area contributed by atoms with Crippen LogP contribution in [0.2, 0.25) is 0 Å². The van der Waals surface area contributed by atoms with Crippen LogP contribution < -0.4 is 10.5 Å². The van der Waals surface area contributed by atoms with E-state index in [9.17, 15) is 8.42 Å². The Labute approximate surface area is 114 Å². The van der Waals surface area contributed by atoms with Crippen LogP contribution in [-0.2, 0) is 21.2 Å². The third-order valence-corrected chi connectivity index (χ3v) is 4.65. The van der Waals surface area contributed by atoms with E-state index in [-0.39, 0.29) is 12.1 Å². The van der Waals surface area contributed by atoms with Gasteiger partial charge < -0.3 is 10.5 Å². The lowest BCUT2D eigenvalue weighted by molar-refractivity contribution is 0.180. The number of benzene rings is 1. The van der Waals surface area contributed by atoms with Gasteiger partial charge in [0.1, 0.15) is 0 Å². The molecular weight excluding hydrogens is 264 g/mol. The molecule has 1 saturated carbocycles. The highest BCUT2D eigenvalue weighted by molar-refractivity contribution is 7.89. The smallest absolute Gasteiger partial charge is 0.241 e. The summed E-state index contributed by atoms with van der Waals surface area (Å²) in [6.45, 7) is 0.407. The second kappa shape index (κ2) is 6.00. The first-order valence-electron chi connectivity index (χ1n) is 6.37. The number of hydrogen-bond donors (Lipinski definition) is 2. The van der Waals surface area contributed by atoms with Gasteiger partial charge in [0.05, 0.1) is 11.5 Å². The van der Waals surface area contributed by atoms with Crippen LogP contribution in [0.4, 0.5) is 0 Å². The maximum Gasteiger partial charge on any atom is 0.241 e. The summed E-state index contributed by atoms with van der Waals surface area (Å²) in [5.74, 6) is 0. The topological polar surface area (TPSA) is 81.4 Å². The lowest BCUT2D eigenvalue weighted by Gasteiger charge is -2.14. The van der Waals surface area contributed by atoms with Crippen LogP contribution in [0.15, 0.2) is 29.2 Å². The molecule has 0 heterocycles. The van der Waals surface area contributed by atoms with Crippen LogP contribution in [0.1, 0.15) is 18.4 Å². The zero-order valence-corrected chi connectivity index (χ0v) is 11.8. The molecule has 0 aliphatic heterocycles. The Morgan fingerprint density at radius 2 is 2.11 bits per heavy atom. The SMILES string of the molecule is COCC(N)Cc1ccccc1S(=O)(=O)NC1CC1. The molecule has 0 saturated heterocycles. The van der Waals surface area contributed by atoms with Gasteiger partial charge in [0.2, 0.25) is 10.0 Å². The molecule has 106 valence electrons. The van der Waals surface area contributed by atoms with E-state index in [0.29, 0.717) is 17.9 Å². The average Bonchev–Trinajstić information content (AvgIpc) is 3.13. The fourth-order valence-corrected chi connectivity index (χ4v) is 3.53. The van der Waals surface area contributed by atoms with Gasteiger partial charge in [-0.3, -0.25) is 0 Å². The highest BCUT2D eigenvalue weighted by atomic mass is 32.2. The maximum absolute atomic E-state index is 12.3. The first-order chi connectivity index (χ1) is 9.03. The van der Waals surface area contributed by atoms with Gasteiger partial charge in [-0.25, -0.2) is 13.1 Å². The highest BCUT2D eigenvalue weighted by Gasteiger charge is 2.29. The lowest BCUT2D eigenvalue weighted by Crippen LogP contribution is -2.31. The monoisotopic (exact) mass is 284 g/mol. The molecule has 1 fully saturated rings. The Morgan fingerprint density at radius 3 is 2.74 bits per heavy atom. The van der Waals surface area contributed by atoms with Crippen molar-refractivity contribution in [3.63, 3.8) is 0 Å². The van der Waals surface area contributed by atoms with Crippen LogP contribution in [0, 0.1) is 0 Å². The first kappa shape index (κ1) is 14.5. The normalized spacial score (nSPS) is 17.4. The predicted molar refractivity (Wildman–Crippen MR) is 73.3 cm³/mol. The van der Waals surface area contributed by atoms with Crippen molar-refractivity contribution in [1.29, 1.82) is 0 Å². The number of nitrogens with two attached hydrogens (primary N) is 1. The van der Waals surface area contributed by atoms with Crippen LogP contribution in [0.25, 0.3) is 0 Å². The van der Waals surface area contributed by atoms with Crippen molar-refractivity contribution in [2.24, 2.45) is 5.73 Å². The molecule has 0 aromatic heterocycles. The largest absolute Gasteiger partial charge is 0.383 e. The predicted octanol–water partition coefficient (Wildman–Crippen LogP) is 0.643. The molecule has 1 aliphatic rings. The van der Waals surface area contributed by atoms with Gasteiger partial charge in [-0.05, 0) is 30.9 Å². The van der Waals surface area contributed by atoms with Crippen molar-refractivity contribution < 1.29 is 13.2 Å². The minimum Gasteiger partial charge on any atom is -0.383 e. The molecule has 0 bridgehead atoms. The number of hydrogen-bond acceptors (Lipinski definition) is 4. The molecule has 2 rings (SSSR count). The van der Waals surface area contributed by atoms with E-state index >= 15 is 0 Å². The van der Waals surface area contributed by atoms with Gasteiger partial charge >= 0.3 is 0 Å². The molecule has 0 amide bonds. The molecule has 1 atom stereocenters. The quantitative estimate of drug-likeness (QED) is 0.770. The fourth-order valence-electron chi connectivity index (χ4n) is 1.97. The summed E-state index contributed by atoms with van der Waals surface area (Å²) in [4.78, 5) is 0.327. The summed E-state index contributed by atoms with van der Waals surface area (Å²) in [5, 5.41) is 0. The van der Waals surface area contributed by atoms with Gasteiger partial charge in [0.25, 0.3) is 0 Å². The van der Waals surface area contributed by atoms with Gasteiger partial charge in [-0.2, -0.15) is 0 Å². The Morgan fingerprint density at radius 1 is 1.42 bits per heavy atom. The lowest BCUT2D eigenvalue weighted by atomic mass is 10.1. The summed E-state index contributed by atoms with van der Waals surface area (Å²) >= 11 is 0. The number of methoxy groups -OCH3 is 1. The van der Waals surface area contributed by atoms with E-state index in [1.807, 2.05) is 6.07 Å². The third kappa shape index (κ3) is 4.01. The summed E-state index contributed by atoms with van der Waals surface area (Å²) in [5.41, 5.74) is 6.64. The number of sulfonamides is 1. The van der Waals surface area contributed by atoms with Crippen molar-refractivity contribution >= 4 is 10.0 Å². The fraction of sp³-hybridized carbons (Fsp3) is 0.538.